The summed E-state index contributed by atoms with van der Waals surface area (Å²) in [5.74, 6) is 0.490. The van der Waals surface area contributed by atoms with Crippen LogP contribution in [0, 0.1) is 6.92 Å². The number of furan rings is 1. The number of nitrogens with one attached hydrogen (secondary N) is 1. The predicted molar refractivity (Wildman–Crippen MR) is 76.4 cm³/mol. The average Bonchev–Trinajstić information content (AvgIpc) is 3.02. The highest BCUT2D eigenvalue weighted by Crippen LogP contribution is 2.42. The van der Waals surface area contributed by atoms with Gasteiger partial charge in [0.05, 0.1) is 17.6 Å². The Morgan fingerprint density at radius 2 is 2.40 bits per heavy atom. The molecule has 6 heteroatoms. The molecule has 0 aliphatic heterocycles. The lowest BCUT2D eigenvalue weighted by molar-refractivity contribution is 0.0822. The molecular formula is C14H17N3O2S. The maximum absolute atomic E-state index is 12.3. The largest absolute Gasteiger partial charge is 0.467 e. The van der Waals surface area contributed by atoms with Crippen LogP contribution in [-0.4, -0.2) is 10.9 Å². The second-order valence-electron chi connectivity index (χ2n) is 5.19. The molecule has 1 aliphatic carbocycles. The highest BCUT2D eigenvalue weighted by atomic mass is 32.1. The first kappa shape index (κ1) is 13.3. The van der Waals surface area contributed by atoms with Gasteiger partial charge in [-0.3, -0.25) is 4.79 Å². The van der Waals surface area contributed by atoms with E-state index in [0.29, 0.717) is 17.9 Å². The van der Waals surface area contributed by atoms with Crippen LogP contribution >= 0.6 is 11.3 Å². The van der Waals surface area contributed by atoms with Crippen LogP contribution in [0.3, 0.4) is 0 Å². The summed E-state index contributed by atoms with van der Waals surface area (Å²) in [7, 11) is 0. The van der Waals surface area contributed by atoms with Crippen molar-refractivity contribution < 1.29 is 9.21 Å². The van der Waals surface area contributed by atoms with E-state index in [2.05, 4.69) is 10.3 Å². The van der Waals surface area contributed by atoms with Gasteiger partial charge in [0.15, 0.2) is 0 Å². The molecule has 0 spiro atoms. The van der Waals surface area contributed by atoms with Crippen molar-refractivity contribution in [3.63, 3.8) is 0 Å². The highest BCUT2D eigenvalue weighted by molar-refractivity contribution is 7.09. The molecule has 2 aromatic heterocycles. The summed E-state index contributed by atoms with van der Waals surface area (Å²) in [6.07, 6.45) is 4.44. The molecule has 0 bridgehead atoms. The Labute approximate surface area is 121 Å². The van der Waals surface area contributed by atoms with Gasteiger partial charge in [0.2, 0.25) is 0 Å². The van der Waals surface area contributed by atoms with Crippen molar-refractivity contribution in [2.75, 3.05) is 0 Å². The first-order valence-electron chi connectivity index (χ1n) is 6.65. The number of nitrogens with zero attached hydrogens (tertiary/aromatic N) is 1. The number of amides is 1. The molecule has 3 N–H and O–H groups in total. The van der Waals surface area contributed by atoms with Gasteiger partial charge in [-0.1, -0.05) is 0 Å². The van der Waals surface area contributed by atoms with E-state index in [1.807, 2.05) is 12.3 Å². The van der Waals surface area contributed by atoms with Crippen molar-refractivity contribution in [3.05, 3.63) is 39.7 Å². The summed E-state index contributed by atoms with van der Waals surface area (Å²) < 4.78 is 5.21. The lowest BCUT2D eigenvalue weighted by atomic mass is 9.77. The third-order valence-corrected chi connectivity index (χ3v) is 4.87. The number of carbonyl (C=O) groups excluding carboxylic acids is 1. The molecule has 1 amide bonds. The van der Waals surface area contributed by atoms with E-state index in [9.17, 15) is 4.79 Å². The summed E-state index contributed by atoms with van der Waals surface area (Å²) in [5, 5.41) is 6.14. The van der Waals surface area contributed by atoms with Crippen LogP contribution in [0.15, 0.2) is 22.1 Å². The number of aromatic nitrogens is 1. The highest BCUT2D eigenvalue weighted by Gasteiger charge is 2.42. The number of thiazole rings is 1. The number of hydrogen-bond acceptors (Lipinski definition) is 5. The maximum atomic E-state index is 12.3. The van der Waals surface area contributed by atoms with Gasteiger partial charge in [-0.05, 0) is 32.3 Å². The SMILES string of the molecule is Cc1csc(C2(NC(=O)c3coc(CN)c3)CCC2)n1. The van der Waals surface area contributed by atoms with E-state index >= 15 is 0 Å². The van der Waals surface area contributed by atoms with E-state index in [-0.39, 0.29) is 11.4 Å². The zero-order chi connectivity index (χ0) is 14.2. The molecule has 3 rings (SSSR count). The fraction of sp³-hybridized carbons (Fsp3) is 0.429. The van der Waals surface area contributed by atoms with Crippen molar-refractivity contribution in [3.8, 4) is 0 Å². The maximum Gasteiger partial charge on any atom is 0.255 e. The third-order valence-electron chi connectivity index (χ3n) is 3.71. The zero-order valence-electron chi connectivity index (χ0n) is 11.3. The van der Waals surface area contributed by atoms with E-state index in [1.54, 1.807) is 17.4 Å². The fourth-order valence-corrected chi connectivity index (χ4v) is 3.41. The summed E-state index contributed by atoms with van der Waals surface area (Å²) >= 11 is 1.61. The summed E-state index contributed by atoms with van der Waals surface area (Å²) in [4.78, 5) is 16.9. The van der Waals surface area contributed by atoms with Gasteiger partial charge in [-0.25, -0.2) is 4.98 Å². The third kappa shape index (κ3) is 2.25. The first-order valence-corrected chi connectivity index (χ1v) is 7.53. The first-order chi connectivity index (χ1) is 9.63. The Bertz CT molecular complexity index is 628. The van der Waals surface area contributed by atoms with Crippen molar-refractivity contribution >= 4 is 17.2 Å². The molecule has 5 nitrogen and oxygen atoms in total. The molecule has 20 heavy (non-hydrogen) atoms. The van der Waals surface area contributed by atoms with Gasteiger partial charge in [-0.2, -0.15) is 0 Å². The Kier molecular flexibility index (Phi) is 3.35. The van der Waals surface area contributed by atoms with Crippen LogP contribution in [0.25, 0.3) is 0 Å². The van der Waals surface area contributed by atoms with E-state index in [1.165, 1.54) is 6.26 Å². The van der Waals surface area contributed by atoms with Crippen molar-refractivity contribution in [2.24, 2.45) is 5.73 Å². The molecule has 106 valence electrons. The number of hydrogen-bond donors (Lipinski definition) is 2. The Hall–Kier alpha value is -1.66. The monoisotopic (exact) mass is 291 g/mol. The van der Waals surface area contributed by atoms with Gasteiger partial charge in [0, 0.05) is 11.1 Å². The molecule has 0 atom stereocenters. The lowest BCUT2D eigenvalue weighted by Crippen LogP contribution is -2.50. The Morgan fingerprint density at radius 3 is 2.90 bits per heavy atom. The normalized spacial score (nSPS) is 16.7. The van der Waals surface area contributed by atoms with Crippen LogP contribution in [0.2, 0.25) is 0 Å². The van der Waals surface area contributed by atoms with Crippen LogP contribution in [0.4, 0.5) is 0 Å². The van der Waals surface area contributed by atoms with Crippen molar-refractivity contribution in [1.29, 1.82) is 0 Å². The lowest BCUT2D eigenvalue weighted by Gasteiger charge is -2.40. The van der Waals surface area contributed by atoms with Gasteiger partial charge >= 0.3 is 0 Å². The summed E-state index contributed by atoms with van der Waals surface area (Å²) in [6, 6.07) is 1.69. The van der Waals surface area contributed by atoms with Crippen LogP contribution in [0.1, 0.15) is 46.1 Å². The number of rotatable bonds is 4. The molecule has 0 saturated heterocycles. The standard InChI is InChI=1S/C14H17N3O2S/c1-9-8-20-13(16-9)14(3-2-4-14)17-12(18)10-5-11(6-15)19-7-10/h5,7-8H,2-4,6,15H2,1H3,(H,17,18). The number of aryl methyl sites for hydroxylation is 1. The molecule has 0 unspecified atom stereocenters. The topological polar surface area (TPSA) is 81.2 Å². The second-order valence-corrected chi connectivity index (χ2v) is 6.05. The van der Waals surface area contributed by atoms with Gasteiger partial charge in [0.1, 0.15) is 17.0 Å². The molecule has 1 saturated carbocycles. The van der Waals surface area contributed by atoms with E-state index in [0.717, 1.165) is 30.0 Å². The fourth-order valence-electron chi connectivity index (χ4n) is 2.39. The minimum atomic E-state index is -0.295. The summed E-state index contributed by atoms with van der Waals surface area (Å²) in [5.41, 5.74) is 6.71. The molecule has 2 aromatic rings. The molecule has 2 heterocycles. The molecule has 1 fully saturated rings. The molecule has 0 radical (unpaired) electrons. The van der Waals surface area contributed by atoms with Crippen molar-refractivity contribution in [1.82, 2.24) is 10.3 Å². The second kappa shape index (κ2) is 5.03. The van der Waals surface area contributed by atoms with Crippen molar-refractivity contribution in [2.45, 2.75) is 38.3 Å². The van der Waals surface area contributed by atoms with Crippen LogP contribution < -0.4 is 11.1 Å². The van der Waals surface area contributed by atoms with Crippen LogP contribution in [0.5, 0.6) is 0 Å². The molecular weight excluding hydrogens is 274 g/mol. The van der Waals surface area contributed by atoms with Crippen LogP contribution in [-0.2, 0) is 12.1 Å². The van der Waals surface area contributed by atoms with Gasteiger partial charge < -0.3 is 15.5 Å². The minimum Gasteiger partial charge on any atom is -0.467 e. The minimum absolute atomic E-state index is 0.124. The smallest absolute Gasteiger partial charge is 0.255 e. The predicted octanol–water partition coefficient (Wildman–Crippen LogP) is 2.31. The number of carbonyl (C=O) groups is 1. The zero-order valence-corrected chi connectivity index (χ0v) is 12.1. The Balaban J connectivity index is 1.79. The van der Waals surface area contributed by atoms with Gasteiger partial charge in [-0.15, -0.1) is 11.3 Å². The summed E-state index contributed by atoms with van der Waals surface area (Å²) in [6.45, 7) is 2.27. The molecule has 0 aromatic carbocycles. The van der Waals surface area contributed by atoms with E-state index < -0.39 is 0 Å². The Morgan fingerprint density at radius 1 is 1.60 bits per heavy atom. The average molecular weight is 291 g/mol. The van der Waals surface area contributed by atoms with Gasteiger partial charge in [0.25, 0.3) is 5.91 Å². The number of nitrogens with two attached hydrogens (primary N) is 1. The van der Waals surface area contributed by atoms with E-state index in [4.69, 9.17) is 10.2 Å². The quantitative estimate of drug-likeness (QED) is 0.905. The molecule has 1 aliphatic rings.